The Morgan fingerprint density at radius 3 is 2.70 bits per heavy atom. The monoisotopic (exact) mass is 397 g/mol. The van der Waals surface area contributed by atoms with Crippen LogP contribution >= 0.6 is 0 Å². The van der Waals surface area contributed by atoms with Gasteiger partial charge in [-0.25, -0.2) is 4.79 Å². The summed E-state index contributed by atoms with van der Waals surface area (Å²) in [6, 6.07) is 22.3. The summed E-state index contributed by atoms with van der Waals surface area (Å²) in [5.41, 5.74) is 4.33. The Morgan fingerprint density at radius 2 is 1.87 bits per heavy atom. The molecule has 1 aromatic heterocycles. The fourth-order valence-electron chi connectivity index (χ4n) is 3.70. The number of carbonyl (C=O) groups excluding carboxylic acids is 1. The molecule has 0 aliphatic heterocycles. The molecule has 150 valence electrons. The number of benzene rings is 3. The van der Waals surface area contributed by atoms with Crippen LogP contribution in [0, 0.1) is 0 Å². The SMILES string of the molecule is CCOC(=O)c1cn(Cc2cccc3ccccc23)cc1-c1cccc(C=NN)c1. The van der Waals surface area contributed by atoms with Gasteiger partial charge in [0.05, 0.1) is 18.4 Å². The van der Waals surface area contributed by atoms with Crippen LogP contribution in [-0.4, -0.2) is 23.4 Å². The van der Waals surface area contributed by atoms with Crippen molar-refractivity contribution in [3.8, 4) is 11.1 Å². The van der Waals surface area contributed by atoms with E-state index >= 15 is 0 Å². The maximum Gasteiger partial charge on any atom is 0.340 e. The summed E-state index contributed by atoms with van der Waals surface area (Å²) >= 11 is 0. The molecule has 1 heterocycles. The molecule has 3 aromatic carbocycles. The van der Waals surface area contributed by atoms with E-state index in [1.165, 1.54) is 16.3 Å². The molecule has 2 N–H and O–H groups in total. The Kier molecular flexibility index (Phi) is 5.61. The van der Waals surface area contributed by atoms with E-state index in [2.05, 4.69) is 35.4 Å². The second kappa shape index (κ2) is 8.66. The quantitative estimate of drug-likeness (QED) is 0.219. The van der Waals surface area contributed by atoms with Gasteiger partial charge < -0.3 is 15.1 Å². The minimum atomic E-state index is -0.331. The number of rotatable bonds is 6. The topological polar surface area (TPSA) is 69.6 Å². The number of hydrazone groups is 1. The Labute approximate surface area is 175 Å². The van der Waals surface area contributed by atoms with Crippen LogP contribution < -0.4 is 5.84 Å². The van der Waals surface area contributed by atoms with Crippen LogP contribution in [0.4, 0.5) is 0 Å². The van der Waals surface area contributed by atoms with Crippen LogP contribution in [0.25, 0.3) is 21.9 Å². The van der Waals surface area contributed by atoms with Gasteiger partial charge in [-0.3, -0.25) is 0 Å². The van der Waals surface area contributed by atoms with Gasteiger partial charge in [0.15, 0.2) is 0 Å². The Morgan fingerprint density at radius 1 is 1.07 bits per heavy atom. The van der Waals surface area contributed by atoms with Gasteiger partial charge in [0.1, 0.15) is 0 Å². The fourth-order valence-corrected chi connectivity index (χ4v) is 3.70. The summed E-state index contributed by atoms with van der Waals surface area (Å²) in [5, 5.41) is 5.99. The molecule has 30 heavy (non-hydrogen) atoms. The molecule has 0 bridgehead atoms. The van der Waals surface area contributed by atoms with Crippen molar-refractivity contribution in [3.05, 3.63) is 95.8 Å². The van der Waals surface area contributed by atoms with Crippen LogP contribution in [0.1, 0.15) is 28.4 Å². The first-order valence-corrected chi connectivity index (χ1v) is 9.87. The molecule has 0 saturated carbocycles. The van der Waals surface area contributed by atoms with Crippen LogP contribution in [0.2, 0.25) is 0 Å². The molecule has 0 fully saturated rings. The summed E-state index contributed by atoms with van der Waals surface area (Å²) in [4.78, 5) is 12.6. The zero-order chi connectivity index (χ0) is 20.9. The molecular weight excluding hydrogens is 374 g/mol. The zero-order valence-electron chi connectivity index (χ0n) is 16.8. The van der Waals surface area contributed by atoms with Crippen molar-refractivity contribution in [3.63, 3.8) is 0 Å². The minimum absolute atomic E-state index is 0.326. The number of nitrogens with zero attached hydrogens (tertiary/aromatic N) is 2. The Balaban J connectivity index is 1.77. The maximum atomic E-state index is 12.6. The second-order valence-electron chi connectivity index (χ2n) is 7.02. The first kappa shape index (κ1) is 19.5. The highest BCUT2D eigenvalue weighted by Crippen LogP contribution is 2.28. The summed E-state index contributed by atoms with van der Waals surface area (Å²) in [5.74, 6) is 4.96. The molecule has 0 amide bonds. The lowest BCUT2D eigenvalue weighted by Crippen LogP contribution is -2.05. The van der Waals surface area contributed by atoms with E-state index in [4.69, 9.17) is 10.6 Å². The van der Waals surface area contributed by atoms with Crippen molar-refractivity contribution in [2.45, 2.75) is 13.5 Å². The Hall–Kier alpha value is -3.86. The summed E-state index contributed by atoms with van der Waals surface area (Å²) < 4.78 is 7.34. The van der Waals surface area contributed by atoms with E-state index < -0.39 is 0 Å². The lowest BCUT2D eigenvalue weighted by atomic mass is 10.0. The average molecular weight is 397 g/mol. The van der Waals surface area contributed by atoms with E-state index in [1.54, 1.807) is 6.21 Å². The van der Waals surface area contributed by atoms with E-state index in [9.17, 15) is 4.79 Å². The molecule has 0 atom stereocenters. The molecule has 0 aliphatic rings. The van der Waals surface area contributed by atoms with Gasteiger partial charge in [0.2, 0.25) is 0 Å². The van der Waals surface area contributed by atoms with E-state index in [0.717, 1.165) is 16.7 Å². The normalized spacial score (nSPS) is 11.2. The molecule has 0 spiro atoms. The Bertz CT molecular complexity index is 1220. The lowest BCUT2D eigenvalue weighted by Gasteiger charge is -2.07. The van der Waals surface area contributed by atoms with E-state index in [-0.39, 0.29) is 5.97 Å². The van der Waals surface area contributed by atoms with Crippen molar-refractivity contribution in [2.75, 3.05) is 6.61 Å². The molecule has 5 heteroatoms. The summed E-state index contributed by atoms with van der Waals surface area (Å²) in [6.45, 7) is 2.79. The maximum absolute atomic E-state index is 12.6. The number of esters is 1. The smallest absolute Gasteiger partial charge is 0.340 e. The predicted octanol–water partition coefficient (Wildman–Crippen LogP) is 4.83. The molecule has 0 unspecified atom stereocenters. The first-order valence-electron chi connectivity index (χ1n) is 9.87. The van der Waals surface area contributed by atoms with Gasteiger partial charge in [0, 0.05) is 24.5 Å². The summed E-state index contributed by atoms with van der Waals surface area (Å²) in [7, 11) is 0. The standard InChI is InChI=1S/C25H23N3O2/c1-2-30-25(29)24-17-28(15-21-11-6-9-19-8-3-4-12-22(19)21)16-23(24)20-10-5-7-18(13-20)14-27-26/h3-14,16-17H,2,15,26H2,1H3. The highest BCUT2D eigenvalue weighted by Gasteiger charge is 2.18. The number of carbonyl (C=O) groups is 1. The third-order valence-electron chi connectivity index (χ3n) is 5.03. The molecular formula is C25H23N3O2. The van der Waals surface area contributed by atoms with Crippen molar-refractivity contribution in [1.29, 1.82) is 0 Å². The van der Waals surface area contributed by atoms with Gasteiger partial charge in [-0.05, 0) is 40.5 Å². The molecule has 5 nitrogen and oxygen atoms in total. The van der Waals surface area contributed by atoms with Crippen LogP contribution in [0.5, 0.6) is 0 Å². The number of hydrogen-bond acceptors (Lipinski definition) is 4. The first-order chi connectivity index (χ1) is 14.7. The average Bonchev–Trinajstić information content (AvgIpc) is 3.19. The van der Waals surface area contributed by atoms with E-state index in [0.29, 0.717) is 18.7 Å². The molecule has 4 rings (SSSR count). The van der Waals surface area contributed by atoms with Gasteiger partial charge in [-0.2, -0.15) is 5.10 Å². The molecule has 4 aromatic rings. The number of nitrogens with two attached hydrogens (primary N) is 1. The number of hydrogen-bond donors (Lipinski definition) is 1. The van der Waals surface area contributed by atoms with Crippen LogP contribution in [-0.2, 0) is 11.3 Å². The second-order valence-corrected chi connectivity index (χ2v) is 7.02. The van der Waals surface area contributed by atoms with Gasteiger partial charge in [-0.15, -0.1) is 0 Å². The highest BCUT2D eigenvalue weighted by atomic mass is 16.5. The third-order valence-corrected chi connectivity index (χ3v) is 5.03. The van der Waals surface area contributed by atoms with Gasteiger partial charge >= 0.3 is 5.97 Å². The van der Waals surface area contributed by atoms with E-state index in [1.807, 2.05) is 60.3 Å². The van der Waals surface area contributed by atoms with Crippen molar-refractivity contribution < 1.29 is 9.53 Å². The minimum Gasteiger partial charge on any atom is -0.462 e. The van der Waals surface area contributed by atoms with Crippen molar-refractivity contribution in [2.24, 2.45) is 10.9 Å². The van der Waals surface area contributed by atoms with Crippen LogP contribution in [0.3, 0.4) is 0 Å². The van der Waals surface area contributed by atoms with Crippen molar-refractivity contribution in [1.82, 2.24) is 4.57 Å². The molecule has 0 aliphatic carbocycles. The third kappa shape index (κ3) is 3.96. The largest absolute Gasteiger partial charge is 0.462 e. The number of aromatic nitrogens is 1. The molecule has 0 radical (unpaired) electrons. The number of fused-ring (bicyclic) bond motifs is 1. The highest BCUT2D eigenvalue weighted by molar-refractivity contribution is 5.98. The molecule has 0 saturated heterocycles. The predicted molar refractivity (Wildman–Crippen MR) is 121 cm³/mol. The van der Waals surface area contributed by atoms with Crippen molar-refractivity contribution >= 4 is 23.0 Å². The lowest BCUT2D eigenvalue weighted by molar-refractivity contribution is 0.0527. The van der Waals surface area contributed by atoms with Gasteiger partial charge in [0.25, 0.3) is 0 Å². The number of ether oxygens (including phenoxy) is 1. The fraction of sp³-hybridized carbons (Fsp3) is 0.120. The zero-order valence-corrected chi connectivity index (χ0v) is 16.8. The van der Waals surface area contributed by atoms with Crippen LogP contribution in [0.15, 0.2) is 84.2 Å². The van der Waals surface area contributed by atoms with Gasteiger partial charge in [-0.1, -0.05) is 60.7 Å². The summed E-state index contributed by atoms with van der Waals surface area (Å²) in [6.07, 6.45) is 5.44.